The monoisotopic (exact) mass is 291 g/mol. The first kappa shape index (κ1) is 15.8. The molecule has 1 N–H and O–H groups in total. The van der Waals surface area contributed by atoms with Crippen LogP contribution in [0.1, 0.15) is 44.1 Å². The summed E-state index contributed by atoms with van der Waals surface area (Å²) in [7, 11) is 3.41. The number of para-hydroxylation sites is 1. The number of hydrogen-bond acceptors (Lipinski definition) is 3. The predicted molar refractivity (Wildman–Crippen MR) is 82.1 cm³/mol. The molecule has 21 heavy (non-hydrogen) atoms. The number of rotatable bonds is 5. The van der Waals surface area contributed by atoms with E-state index < -0.39 is 5.60 Å². The van der Waals surface area contributed by atoms with Gasteiger partial charge in [-0.05, 0) is 18.9 Å². The molecule has 1 aliphatic carbocycles. The van der Waals surface area contributed by atoms with Gasteiger partial charge in [-0.1, -0.05) is 37.5 Å². The Bertz CT molecular complexity index is 481. The Balaban J connectivity index is 1.96. The molecule has 0 saturated heterocycles. The van der Waals surface area contributed by atoms with E-state index in [-0.39, 0.29) is 12.3 Å². The molecule has 0 aliphatic heterocycles. The molecular weight excluding hydrogens is 266 g/mol. The molecule has 0 heterocycles. The third kappa shape index (κ3) is 4.21. The van der Waals surface area contributed by atoms with E-state index in [1.165, 1.54) is 0 Å². The van der Waals surface area contributed by atoms with E-state index in [0.29, 0.717) is 6.54 Å². The number of aliphatic hydroxyl groups is 1. The molecule has 0 radical (unpaired) electrons. The zero-order valence-corrected chi connectivity index (χ0v) is 13.0. The van der Waals surface area contributed by atoms with Crippen LogP contribution in [0.5, 0.6) is 5.75 Å². The van der Waals surface area contributed by atoms with Crippen LogP contribution in [0.25, 0.3) is 0 Å². The maximum Gasteiger partial charge on any atom is 0.225 e. The van der Waals surface area contributed by atoms with Crippen LogP contribution in [0.3, 0.4) is 0 Å². The first-order chi connectivity index (χ1) is 10.0. The Morgan fingerprint density at radius 3 is 2.62 bits per heavy atom. The maximum absolute atomic E-state index is 12.3. The molecular formula is C17H25NO3. The minimum atomic E-state index is -0.801. The van der Waals surface area contributed by atoms with Gasteiger partial charge in [-0.25, -0.2) is 0 Å². The van der Waals surface area contributed by atoms with Gasteiger partial charge in [-0.2, -0.15) is 0 Å². The first-order valence-electron chi connectivity index (χ1n) is 7.62. The van der Waals surface area contributed by atoms with Crippen molar-refractivity contribution < 1.29 is 14.6 Å². The summed E-state index contributed by atoms with van der Waals surface area (Å²) in [5.74, 6) is 0.777. The highest BCUT2D eigenvalue weighted by Crippen LogP contribution is 2.31. The third-order valence-corrected chi connectivity index (χ3v) is 4.29. The highest BCUT2D eigenvalue weighted by molar-refractivity contribution is 5.77. The molecule has 0 atom stereocenters. The van der Waals surface area contributed by atoms with Gasteiger partial charge >= 0.3 is 0 Å². The molecule has 1 aliphatic rings. The van der Waals surface area contributed by atoms with Crippen LogP contribution in [-0.2, 0) is 11.3 Å². The molecule has 116 valence electrons. The zero-order chi connectivity index (χ0) is 15.3. The number of amides is 1. The van der Waals surface area contributed by atoms with E-state index in [4.69, 9.17) is 4.74 Å². The second-order valence-corrected chi connectivity index (χ2v) is 6.02. The van der Waals surface area contributed by atoms with Crippen molar-refractivity contribution in [3.05, 3.63) is 29.8 Å². The molecule has 1 saturated carbocycles. The maximum atomic E-state index is 12.3. The van der Waals surface area contributed by atoms with Gasteiger partial charge in [0.2, 0.25) is 5.91 Å². The van der Waals surface area contributed by atoms with Gasteiger partial charge < -0.3 is 14.7 Å². The largest absolute Gasteiger partial charge is 0.496 e. The normalized spacial score (nSPS) is 17.3. The Labute approximate surface area is 126 Å². The minimum Gasteiger partial charge on any atom is -0.496 e. The number of nitrogens with zero attached hydrogens (tertiary/aromatic N) is 1. The second-order valence-electron chi connectivity index (χ2n) is 6.02. The fourth-order valence-electron chi connectivity index (χ4n) is 2.98. The molecule has 0 spiro atoms. The third-order valence-electron chi connectivity index (χ3n) is 4.29. The van der Waals surface area contributed by atoms with Crippen LogP contribution >= 0.6 is 0 Å². The summed E-state index contributed by atoms with van der Waals surface area (Å²) in [5.41, 5.74) is 0.177. The van der Waals surface area contributed by atoms with Gasteiger partial charge in [-0.3, -0.25) is 4.79 Å². The summed E-state index contributed by atoms with van der Waals surface area (Å²) in [6.45, 7) is 0.499. The van der Waals surface area contributed by atoms with Crippen molar-refractivity contribution in [2.75, 3.05) is 14.2 Å². The smallest absolute Gasteiger partial charge is 0.225 e. The quantitative estimate of drug-likeness (QED) is 0.907. The van der Waals surface area contributed by atoms with E-state index in [9.17, 15) is 9.90 Å². The van der Waals surface area contributed by atoms with E-state index in [0.717, 1.165) is 43.4 Å². The number of methoxy groups -OCH3 is 1. The molecule has 0 unspecified atom stereocenters. The van der Waals surface area contributed by atoms with Crippen molar-refractivity contribution in [2.24, 2.45) is 0 Å². The Kier molecular flexibility index (Phi) is 5.23. The number of carbonyl (C=O) groups is 1. The van der Waals surface area contributed by atoms with Gasteiger partial charge in [0.15, 0.2) is 0 Å². The molecule has 1 fully saturated rings. The average Bonchev–Trinajstić information content (AvgIpc) is 2.48. The average molecular weight is 291 g/mol. The predicted octanol–water partition coefficient (Wildman–Crippen LogP) is 2.74. The molecule has 1 amide bonds. The van der Waals surface area contributed by atoms with Crippen LogP contribution < -0.4 is 4.74 Å². The van der Waals surface area contributed by atoms with E-state index in [2.05, 4.69) is 0 Å². The molecule has 1 aromatic carbocycles. The standard InChI is InChI=1S/C17H25NO3/c1-18(13-14-8-4-5-9-15(14)21-2)16(19)12-17(20)10-6-3-7-11-17/h4-5,8-9,20H,3,6-7,10-13H2,1-2H3. The summed E-state index contributed by atoms with van der Waals surface area (Å²) in [5, 5.41) is 10.5. The molecule has 1 aromatic rings. The zero-order valence-electron chi connectivity index (χ0n) is 13.0. The lowest BCUT2D eigenvalue weighted by Crippen LogP contribution is -2.39. The van der Waals surface area contributed by atoms with Gasteiger partial charge in [0.05, 0.1) is 19.1 Å². The molecule has 0 bridgehead atoms. The van der Waals surface area contributed by atoms with Gasteiger partial charge in [0, 0.05) is 19.2 Å². The summed E-state index contributed by atoms with van der Waals surface area (Å²) in [6.07, 6.45) is 4.88. The van der Waals surface area contributed by atoms with Crippen LogP contribution in [0, 0.1) is 0 Å². The van der Waals surface area contributed by atoms with E-state index in [1.807, 2.05) is 24.3 Å². The topological polar surface area (TPSA) is 49.8 Å². The van der Waals surface area contributed by atoms with Crippen molar-refractivity contribution in [3.63, 3.8) is 0 Å². The highest BCUT2D eigenvalue weighted by atomic mass is 16.5. The minimum absolute atomic E-state index is 0.00898. The molecule has 4 nitrogen and oxygen atoms in total. The summed E-state index contributed by atoms with van der Waals surface area (Å²) < 4.78 is 5.31. The second kappa shape index (κ2) is 6.94. The van der Waals surface area contributed by atoms with Crippen molar-refractivity contribution in [2.45, 2.75) is 50.7 Å². The van der Waals surface area contributed by atoms with Gasteiger partial charge in [0.25, 0.3) is 0 Å². The van der Waals surface area contributed by atoms with Crippen molar-refractivity contribution in [1.29, 1.82) is 0 Å². The van der Waals surface area contributed by atoms with Crippen LogP contribution in [0.2, 0.25) is 0 Å². The lowest BCUT2D eigenvalue weighted by Gasteiger charge is -2.33. The Hall–Kier alpha value is -1.55. The lowest BCUT2D eigenvalue weighted by atomic mass is 9.82. The Morgan fingerprint density at radius 1 is 1.29 bits per heavy atom. The molecule has 4 heteroatoms. The van der Waals surface area contributed by atoms with Gasteiger partial charge in [0.1, 0.15) is 5.75 Å². The fourth-order valence-corrected chi connectivity index (χ4v) is 2.98. The number of carbonyl (C=O) groups excluding carboxylic acids is 1. The molecule has 0 aromatic heterocycles. The molecule has 2 rings (SSSR count). The van der Waals surface area contributed by atoms with Crippen LogP contribution in [0.4, 0.5) is 0 Å². The number of ether oxygens (including phenoxy) is 1. The number of hydrogen-bond donors (Lipinski definition) is 1. The number of benzene rings is 1. The summed E-state index contributed by atoms with van der Waals surface area (Å²) in [6, 6.07) is 7.69. The van der Waals surface area contributed by atoms with E-state index in [1.54, 1.807) is 19.1 Å². The summed E-state index contributed by atoms with van der Waals surface area (Å²) >= 11 is 0. The van der Waals surface area contributed by atoms with Crippen molar-refractivity contribution >= 4 is 5.91 Å². The first-order valence-corrected chi connectivity index (χ1v) is 7.62. The van der Waals surface area contributed by atoms with Crippen molar-refractivity contribution in [3.8, 4) is 5.75 Å². The van der Waals surface area contributed by atoms with E-state index >= 15 is 0 Å². The lowest BCUT2D eigenvalue weighted by molar-refractivity contribution is -0.137. The SMILES string of the molecule is COc1ccccc1CN(C)C(=O)CC1(O)CCCCC1. The van der Waals surface area contributed by atoms with Crippen LogP contribution in [-0.4, -0.2) is 35.7 Å². The van der Waals surface area contributed by atoms with Crippen molar-refractivity contribution in [1.82, 2.24) is 4.90 Å². The fraction of sp³-hybridized carbons (Fsp3) is 0.588. The summed E-state index contributed by atoms with van der Waals surface area (Å²) in [4.78, 5) is 14.0. The highest BCUT2D eigenvalue weighted by Gasteiger charge is 2.32. The van der Waals surface area contributed by atoms with Gasteiger partial charge in [-0.15, -0.1) is 0 Å². The Morgan fingerprint density at radius 2 is 1.95 bits per heavy atom. The van der Waals surface area contributed by atoms with Crippen LogP contribution in [0.15, 0.2) is 24.3 Å².